The van der Waals surface area contributed by atoms with Gasteiger partial charge in [0.25, 0.3) is 0 Å². The predicted molar refractivity (Wildman–Crippen MR) is 403 cm³/mol. The first kappa shape index (κ1) is 105. The molecule has 0 saturated heterocycles. The Morgan fingerprint density at radius 2 is 0.777 bits per heavy atom. The van der Waals surface area contributed by atoms with Crippen LogP contribution in [0.3, 0.4) is 0 Å². The molecule has 0 aliphatic heterocycles. The number of aromatic nitrogens is 11. The first-order chi connectivity index (χ1) is 55.4. The Morgan fingerprint density at radius 1 is 0.388 bits per heavy atom. The van der Waals surface area contributed by atoms with Crippen LogP contribution < -0.4 is 5.10 Å². The van der Waals surface area contributed by atoms with Crippen molar-refractivity contribution >= 4 is 28.5 Å². The molecule has 9 heterocycles. The SMILES string of the molecule is CC(=O)C=C(C)O.FC(F)(F)c1[c-]c(-c2ccccn2)cc(C(F)(F)F)c1.FC(F)(F)c1n[n-]c(-c2ccccn2)n1.Fc1c[c-]c(-c2ccccn2)c(F)c1.Fc1c[c-]c(-c2ccccn2)c(F)c1.O=C(O)c1ccccn1.O=C(O)c1ccccn1.[Ir].[Ir].[Ir].[Ir].[Ir].[c-]1ccccc1-c1cc2ccccc2cn1.[c-]1ccccc1-c1ccccn1. The van der Waals surface area contributed by atoms with E-state index in [0.717, 1.165) is 46.8 Å². The van der Waals surface area contributed by atoms with Gasteiger partial charge in [0, 0.05) is 179 Å². The van der Waals surface area contributed by atoms with Gasteiger partial charge in [0.15, 0.2) is 5.78 Å². The Morgan fingerprint density at radius 3 is 1.11 bits per heavy atom. The number of rotatable bonds is 9. The van der Waals surface area contributed by atoms with Gasteiger partial charge in [0.2, 0.25) is 0 Å². The van der Waals surface area contributed by atoms with Gasteiger partial charge in [-0.25, -0.2) is 19.6 Å². The number of fused-ring (bicyclic) bond motifs is 1. The quantitative estimate of drug-likeness (QED) is 0.0525. The summed E-state index contributed by atoms with van der Waals surface area (Å²) >= 11 is 0. The number of pyridine rings is 8. The van der Waals surface area contributed by atoms with E-state index in [0.29, 0.717) is 17.5 Å². The van der Waals surface area contributed by atoms with Gasteiger partial charge in [0.1, 0.15) is 17.2 Å². The molecule has 0 bridgehead atoms. The monoisotopic (exact) mass is 2550 g/mol. The molecule has 0 atom stereocenters. The Balaban J connectivity index is 0.000000465. The molecule has 0 spiro atoms. The van der Waals surface area contributed by atoms with Crippen molar-refractivity contribution < 1.29 is 187 Å². The van der Waals surface area contributed by atoms with Gasteiger partial charge in [-0.05, 0) is 131 Å². The number of benzene rings is 6. The molecular formula is C86H58F13Ir5N11O6-6. The summed E-state index contributed by atoms with van der Waals surface area (Å²) in [5.74, 6) is -5.98. The number of carboxylic acid groups (broad SMARTS) is 2. The summed E-state index contributed by atoms with van der Waals surface area (Å²) in [5.41, 5.74) is 2.49. The largest absolute Gasteiger partial charge is 0.512 e. The fourth-order valence-electron chi connectivity index (χ4n) is 8.94. The van der Waals surface area contributed by atoms with Crippen LogP contribution in [0, 0.1) is 53.6 Å². The number of carboxylic acids is 2. The summed E-state index contributed by atoms with van der Waals surface area (Å²) in [6.45, 7) is 2.85. The number of hydrogen-bond donors (Lipinski definition) is 3. The molecule has 121 heavy (non-hydrogen) atoms. The van der Waals surface area contributed by atoms with Crippen LogP contribution in [0.4, 0.5) is 57.1 Å². The van der Waals surface area contributed by atoms with E-state index in [1.54, 1.807) is 91.4 Å². The van der Waals surface area contributed by atoms with Crippen molar-refractivity contribution in [1.29, 1.82) is 0 Å². The van der Waals surface area contributed by atoms with Crippen LogP contribution in [0.1, 0.15) is 51.8 Å². The van der Waals surface area contributed by atoms with Crippen LogP contribution >= 0.6 is 0 Å². The van der Waals surface area contributed by atoms with E-state index in [-0.39, 0.29) is 163 Å². The van der Waals surface area contributed by atoms with Crippen LogP contribution in [-0.2, 0) is 124 Å². The van der Waals surface area contributed by atoms with Crippen molar-refractivity contribution in [2.75, 3.05) is 0 Å². The minimum atomic E-state index is -4.91. The number of carbonyl (C=O) groups excluding carboxylic acids is 1. The van der Waals surface area contributed by atoms with E-state index in [1.165, 1.54) is 91.9 Å². The summed E-state index contributed by atoms with van der Waals surface area (Å²) < 4.78 is 164. The van der Waals surface area contributed by atoms with E-state index in [1.807, 2.05) is 91.1 Å². The maximum Gasteiger partial charge on any atom is 0.429 e. The first-order valence-corrected chi connectivity index (χ1v) is 33.3. The molecule has 0 aliphatic carbocycles. The third-order valence-electron chi connectivity index (χ3n) is 14.0. The Bertz CT molecular complexity index is 5370. The van der Waals surface area contributed by atoms with Crippen LogP contribution in [0.5, 0.6) is 0 Å². The zero-order chi connectivity index (χ0) is 84.1. The predicted octanol–water partition coefficient (Wildman–Crippen LogP) is 20.6. The average Bonchev–Trinajstić information content (AvgIpc) is 1.25. The number of allylic oxidation sites excluding steroid dienone is 2. The number of ketones is 1. The normalized spacial score (nSPS) is 10.2. The fraction of sp³-hybridized carbons (Fsp3) is 0.0581. The molecule has 0 aliphatic rings. The maximum atomic E-state index is 13.2. The second-order valence-electron chi connectivity index (χ2n) is 22.7. The van der Waals surface area contributed by atoms with E-state index in [2.05, 4.69) is 97.5 Å². The van der Waals surface area contributed by atoms with Gasteiger partial charge in [-0.1, -0.05) is 120 Å². The Hall–Kier alpha value is -11.6. The van der Waals surface area contributed by atoms with Crippen molar-refractivity contribution in [3.63, 3.8) is 0 Å². The number of aliphatic hydroxyl groups is 1. The van der Waals surface area contributed by atoms with E-state index >= 15 is 0 Å². The van der Waals surface area contributed by atoms with Crippen molar-refractivity contribution in [3.05, 3.63) is 386 Å². The van der Waals surface area contributed by atoms with Crippen LogP contribution in [0.15, 0.2) is 304 Å². The molecule has 9 aromatic heterocycles. The first-order valence-electron chi connectivity index (χ1n) is 33.3. The molecule has 5 radical (unpaired) electrons. The zero-order valence-corrected chi connectivity index (χ0v) is 73.8. The smallest absolute Gasteiger partial charge is 0.429 e. The number of nitrogens with zero attached hydrogens (tertiary/aromatic N) is 11. The standard InChI is InChI=1S/C15H10N.C13H6F6N.2C11H6F2N.C11H8N.C8H4F3N4.2C6H5NO2.C5H8O2.5Ir/c1-2-6-12(7-3-1)15-10-13-8-4-5-9-14(13)11-16-15;14-12(15,16)9-5-8(11-3-1-2-4-20-11)6-10(7-9)13(17,18)19;2*12-8-4-5-9(10(13)7-8)11-3-1-2-6-14-11;1-2-6-10(7-3-1)11-8-4-5-9-12-11;9-8(10,11)7-13-6(14-15-7)5-3-1-2-4-12-5;2*8-6(9)5-3-1-2-4-7-5;1-4(6)3-5(2)7;;;;;/h1-6,8-11H;1-5,7H;2*1-4,6-7H;1-6,8-9H;1-4H;2*1-4H,(H,8,9);3,6H,1-2H3;;;;;/q6*-1;;;;;;;;. The number of halogens is 13. The molecule has 3 N–H and O–H groups in total. The third kappa shape index (κ3) is 37.3. The molecule has 17 nitrogen and oxygen atoms in total. The van der Waals surface area contributed by atoms with Gasteiger partial charge in [0.05, 0.1) is 11.5 Å². The fourth-order valence-corrected chi connectivity index (χ4v) is 8.94. The van der Waals surface area contributed by atoms with Crippen LogP contribution in [0.25, 0.3) is 78.6 Å². The van der Waals surface area contributed by atoms with E-state index < -0.39 is 70.7 Å². The summed E-state index contributed by atoms with van der Waals surface area (Å²) in [5, 5.41) is 33.6. The van der Waals surface area contributed by atoms with Gasteiger partial charge >= 0.3 is 30.5 Å². The topological polar surface area (TPSA) is 255 Å². The van der Waals surface area contributed by atoms with Gasteiger partial charge < -0.3 is 50.3 Å². The summed E-state index contributed by atoms with van der Waals surface area (Å²) in [7, 11) is 0. The summed E-state index contributed by atoms with van der Waals surface area (Å²) in [4.78, 5) is 64.8. The third-order valence-corrected chi connectivity index (χ3v) is 14.0. The molecule has 0 unspecified atom stereocenters. The molecule has 6 aromatic carbocycles. The summed E-state index contributed by atoms with van der Waals surface area (Å²) in [6.07, 6.45) is -0.786. The van der Waals surface area contributed by atoms with Crippen molar-refractivity contribution in [2.45, 2.75) is 32.4 Å². The molecule has 15 aromatic rings. The molecule has 15 rings (SSSR count). The number of aliphatic hydroxyl groups excluding tert-OH is 1. The Labute approximate surface area is 751 Å². The van der Waals surface area contributed by atoms with Crippen LogP contribution in [-0.4, -0.2) is 83.0 Å². The summed E-state index contributed by atoms with van der Waals surface area (Å²) in [6, 6.07) is 78.4. The maximum absolute atomic E-state index is 13.2. The van der Waals surface area contributed by atoms with Gasteiger partial charge in [-0.2, -0.15) is 39.5 Å². The molecule has 635 valence electrons. The number of carbonyl (C=O) groups is 3. The number of aromatic carboxylic acids is 2. The van der Waals surface area contributed by atoms with Crippen molar-refractivity contribution in [2.24, 2.45) is 0 Å². The molecule has 0 amide bonds. The molecular weight excluding hydrogens is 2490 g/mol. The van der Waals surface area contributed by atoms with Crippen LogP contribution in [0.2, 0.25) is 0 Å². The second-order valence-corrected chi connectivity index (χ2v) is 22.7. The second kappa shape index (κ2) is 53.8. The molecule has 0 fully saturated rings. The van der Waals surface area contributed by atoms with Gasteiger partial charge in [-0.3, -0.25) is 32.4 Å². The van der Waals surface area contributed by atoms with Crippen molar-refractivity contribution in [3.8, 4) is 67.8 Å². The van der Waals surface area contributed by atoms with E-state index in [4.69, 9.17) is 15.3 Å². The number of hydrogen-bond acceptors (Lipinski definition) is 14. The zero-order valence-electron chi connectivity index (χ0n) is 61.9. The molecule has 0 saturated carbocycles. The number of alkyl halides is 9. The minimum Gasteiger partial charge on any atom is -0.512 e. The van der Waals surface area contributed by atoms with Gasteiger partial charge in [-0.15, -0.1) is 120 Å². The average molecular weight is 2550 g/mol. The minimum absolute atomic E-state index is 0. The molecule has 35 heteroatoms. The van der Waals surface area contributed by atoms with E-state index in [9.17, 15) is 71.5 Å². The Kier molecular flexibility index (Phi) is 46.9. The van der Waals surface area contributed by atoms with Crippen molar-refractivity contribution in [1.82, 2.24) is 55.1 Å².